The summed E-state index contributed by atoms with van der Waals surface area (Å²) in [7, 11) is 0. The van der Waals surface area contributed by atoms with Crippen molar-refractivity contribution in [1.29, 1.82) is 0 Å². The van der Waals surface area contributed by atoms with E-state index in [1.165, 1.54) is 0 Å². The second-order valence-corrected chi connectivity index (χ2v) is 5.18. The third-order valence-electron chi connectivity index (χ3n) is 2.87. The lowest BCUT2D eigenvalue weighted by molar-refractivity contribution is 0.0922. The summed E-state index contributed by atoms with van der Waals surface area (Å²) in [6, 6.07) is 2.09. The van der Waals surface area contributed by atoms with Crippen LogP contribution in [-0.4, -0.2) is 25.0 Å². The van der Waals surface area contributed by atoms with Gasteiger partial charge in [-0.25, -0.2) is 8.78 Å². The highest BCUT2D eigenvalue weighted by Crippen LogP contribution is 2.19. The maximum absolute atomic E-state index is 13.6. The number of carbonyl (C=O) groups is 1. The van der Waals surface area contributed by atoms with E-state index in [9.17, 15) is 13.6 Å². The normalized spacial score (nSPS) is 19.6. The minimum Gasteiger partial charge on any atom is -0.348 e. The number of rotatable bonds is 2. The number of benzene rings is 1. The summed E-state index contributed by atoms with van der Waals surface area (Å²) < 4.78 is 27.4. The van der Waals surface area contributed by atoms with Crippen LogP contribution in [0, 0.1) is 11.6 Å². The number of carbonyl (C=O) groups excluding carboxylic acids is 1. The fourth-order valence-corrected chi connectivity index (χ4v) is 2.39. The van der Waals surface area contributed by atoms with E-state index < -0.39 is 23.1 Å². The van der Waals surface area contributed by atoms with E-state index in [2.05, 4.69) is 26.6 Å². The Hall–Kier alpha value is -1.01. The van der Waals surface area contributed by atoms with Gasteiger partial charge < -0.3 is 10.6 Å². The lowest BCUT2D eigenvalue weighted by Gasteiger charge is -2.23. The van der Waals surface area contributed by atoms with Crippen molar-refractivity contribution in [3.8, 4) is 0 Å². The summed E-state index contributed by atoms with van der Waals surface area (Å²) in [6.45, 7) is 1.54. The molecule has 1 heterocycles. The maximum atomic E-state index is 13.6. The molecular formula is C12H13BrF2N2O. The molecule has 0 bridgehead atoms. The highest BCUT2D eigenvalue weighted by Gasteiger charge is 2.22. The predicted molar refractivity (Wildman–Crippen MR) is 67.4 cm³/mol. The zero-order valence-electron chi connectivity index (χ0n) is 9.60. The van der Waals surface area contributed by atoms with Crippen LogP contribution < -0.4 is 10.6 Å². The van der Waals surface area contributed by atoms with Gasteiger partial charge in [0.15, 0.2) is 0 Å². The van der Waals surface area contributed by atoms with Crippen molar-refractivity contribution in [3.63, 3.8) is 0 Å². The molecule has 3 nitrogen and oxygen atoms in total. The van der Waals surface area contributed by atoms with Gasteiger partial charge in [0.25, 0.3) is 5.91 Å². The topological polar surface area (TPSA) is 41.1 Å². The first-order valence-corrected chi connectivity index (χ1v) is 6.53. The molecule has 0 aliphatic carbocycles. The van der Waals surface area contributed by atoms with E-state index in [-0.39, 0.29) is 10.5 Å². The lowest BCUT2D eigenvalue weighted by Crippen LogP contribution is -2.46. The Morgan fingerprint density at radius 2 is 2.06 bits per heavy atom. The number of nitrogens with one attached hydrogen (secondary N) is 2. The molecule has 1 amide bonds. The standard InChI is InChI=1S/C12H13BrF2N2O/c13-7-4-9(14)11(10(15)5-7)12(18)17-8-2-1-3-16-6-8/h4-5,8,16H,1-3,6H2,(H,17,18)/t8-/m0/s1. The van der Waals surface area contributed by atoms with E-state index in [4.69, 9.17) is 0 Å². The molecule has 1 atom stereocenters. The lowest BCUT2D eigenvalue weighted by atomic mass is 10.1. The Bertz CT molecular complexity index is 438. The van der Waals surface area contributed by atoms with Crippen LogP contribution in [0.3, 0.4) is 0 Å². The minimum atomic E-state index is -0.858. The number of halogens is 3. The van der Waals surface area contributed by atoms with Gasteiger partial charge in [-0.15, -0.1) is 0 Å². The van der Waals surface area contributed by atoms with Crippen LogP contribution in [0.1, 0.15) is 23.2 Å². The van der Waals surface area contributed by atoms with Crippen molar-refractivity contribution in [2.45, 2.75) is 18.9 Å². The number of piperidine rings is 1. The molecule has 1 aromatic rings. The van der Waals surface area contributed by atoms with Crippen LogP contribution in [0.2, 0.25) is 0 Å². The molecule has 1 aromatic carbocycles. The van der Waals surface area contributed by atoms with Gasteiger partial charge in [-0.3, -0.25) is 4.79 Å². The Labute approximate surface area is 112 Å². The highest BCUT2D eigenvalue weighted by atomic mass is 79.9. The van der Waals surface area contributed by atoms with Gasteiger partial charge in [0, 0.05) is 17.1 Å². The van der Waals surface area contributed by atoms with Crippen LogP contribution in [0.25, 0.3) is 0 Å². The maximum Gasteiger partial charge on any atom is 0.257 e. The van der Waals surface area contributed by atoms with Gasteiger partial charge in [-0.1, -0.05) is 15.9 Å². The summed E-state index contributed by atoms with van der Waals surface area (Å²) in [6.07, 6.45) is 1.76. The Balaban J connectivity index is 2.13. The van der Waals surface area contributed by atoms with Crippen molar-refractivity contribution in [1.82, 2.24) is 10.6 Å². The smallest absolute Gasteiger partial charge is 0.257 e. The summed E-state index contributed by atoms with van der Waals surface area (Å²) in [5, 5.41) is 5.76. The predicted octanol–water partition coefficient (Wildman–Crippen LogP) is 2.21. The second-order valence-electron chi connectivity index (χ2n) is 4.26. The quantitative estimate of drug-likeness (QED) is 0.877. The number of hydrogen-bond acceptors (Lipinski definition) is 2. The average Bonchev–Trinajstić information content (AvgIpc) is 2.28. The molecule has 2 rings (SSSR count). The van der Waals surface area contributed by atoms with E-state index in [0.717, 1.165) is 31.5 Å². The first-order chi connectivity index (χ1) is 8.58. The van der Waals surface area contributed by atoms with Crippen LogP contribution >= 0.6 is 15.9 Å². The molecule has 1 fully saturated rings. The zero-order chi connectivity index (χ0) is 13.1. The summed E-state index contributed by atoms with van der Waals surface area (Å²) in [5.74, 6) is -2.42. The number of amides is 1. The van der Waals surface area contributed by atoms with Crippen molar-refractivity contribution < 1.29 is 13.6 Å². The SMILES string of the molecule is O=C(N[C@H]1CCCNC1)c1c(F)cc(Br)cc1F. The van der Waals surface area contributed by atoms with Gasteiger partial charge in [-0.2, -0.15) is 0 Å². The average molecular weight is 319 g/mol. The summed E-state index contributed by atoms with van der Waals surface area (Å²) in [4.78, 5) is 11.8. The molecule has 0 radical (unpaired) electrons. The molecule has 2 N–H and O–H groups in total. The van der Waals surface area contributed by atoms with E-state index in [1.54, 1.807) is 0 Å². The van der Waals surface area contributed by atoms with Gasteiger partial charge in [0.2, 0.25) is 0 Å². The summed E-state index contributed by atoms with van der Waals surface area (Å²) >= 11 is 2.97. The Kier molecular flexibility index (Phi) is 4.29. The minimum absolute atomic E-state index is 0.0753. The molecule has 1 saturated heterocycles. The molecule has 6 heteroatoms. The molecule has 0 saturated carbocycles. The van der Waals surface area contributed by atoms with Gasteiger partial charge in [0.05, 0.1) is 0 Å². The third-order valence-corrected chi connectivity index (χ3v) is 3.32. The van der Waals surface area contributed by atoms with Crippen LogP contribution in [0.15, 0.2) is 16.6 Å². The third kappa shape index (κ3) is 3.05. The molecule has 98 valence electrons. The largest absolute Gasteiger partial charge is 0.348 e. The monoisotopic (exact) mass is 318 g/mol. The van der Waals surface area contributed by atoms with Gasteiger partial charge >= 0.3 is 0 Å². The summed E-state index contributed by atoms with van der Waals surface area (Å²) in [5.41, 5.74) is -0.524. The fraction of sp³-hybridized carbons (Fsp3) is 0.417. The molecular weight excluding hydrogens is 306 g/mol. The number of hydrogen-bond donors (Lipinski definition) is 2. The molecule has 0 aromatic heterocycles. The molecule has 0 unspecified atom stereocenters. The van der Waals surface area contributed by atoms with Crippen molar-refractivity contribution >= 4 is 21.8 Å². The molecule has 0 spiro atoms. The van der Waals surface area contributed by atoms with Gasteiger partial charge in [0.1, 0.15) is 17.2 Å². The second kappa shape index (κ2) is 5.75. The first-order valence-electron chi connectivity index (χ1n) is 5.74. The van der Waals surface area contributed by atoms with E-state index in [0.29, 0.717) is 6.54 Å². The van der Waals surface area contributed by atoms with E-state index in [1.807, 2.05) is 0 Å². The van der Waals surface area contributed by atoms with Crippen LogP contribution in [-0.2, 0) is 0 Å². The Morgan fingerprint density at radius 1 is 1.39 bits per heavy atom. The Morgan fingerprint density at radius 3 is 2.61 bits per heavy atom. The zero-order valence-corrected chi connectivity index (χ0v) is 11.2. The fourth-order valence-electron chi connectivity index (χ4n) is 1.99. The van der Waals surface area contributed by atoms with Gasteiger partial charge in [-0.05, 0) is 31.5 Å². The van der Waals surface area contributed by atoms with Crippen molar-refractivity contribution in [2.75, 3.05) is 13.1 Å². The first kappa shape index (κ1) is 13.4. The highest BCUT2D eigenvalue weighted by molar-refractivity contribution is 9.10. The van der Waals surface area contributed by atoms with Crippen LogP contribution in [0.5, 0.6) is 0 Å². The van der Waals surface area contributed by atoms with Crippen LogP contribution in [0.4, 0.5) is 8.78 Å². The molecule has 1 aliphatic rings. The van der Waals surface area contributed by atoms with Crippen molar-refractivity contribution in [2.24, 2.45) is 0 Å². The molecule has 1 aliphatic heterocycles. The molecule has 18 heavy (non-hydrogen) atoms. The van der Waals surface area contributed by atoms with E-state index >= 15 is 0 Å². The van der Waals surface area contributed by atoms with Crippen molar-refractivity contribution in [3.05, 3.63) is 33.8 Å².